The molecule has 4 aromatic rings. The molecule has 0 bridgehead atoms. The summed E-state index contributed by atoms with van der Waals surface area (Å²) in [5.41, 5.74) is 3.69. The van der Waals surface area contributed by atoms with E-state index in [4.69, 9.17) is 19.7 Å². The van der Waals surface area contributed by atoms with Crippen molar-refractivity contribution in [2.24, 2.45) is 0 Å². The zero-order valence-electron chi connectivity index (χ0n) is 18.8. The first kappa shape index (κ1) is 21.1. The van der Waals surface area contributed by atoms with Crippen LogP contribution < -0.4 is 5.56 Å². The van der Waals surface area contributed by atoms with Crippen LogP contribution in [0.15, 0.2) is 35.4 Å². The number of hydrogen-bond donors (Lipinski definition) is 0. The van der Waals surface area contributed by atoms with Gasteiger partial charge in [0.1, 0.15) is 10.9 Å². The highest BCUT2D eigenvalue weighted by Crippen LogP contribution is 2.26. The lowest BCUT2D eigenvalue weighted by Gasteiger charge is -2.11. The number of aryl methyl sites for hydroxylation is 1. The predicted molar refractivity (Wildman–Crippen MR) is 127 cm³/mol. The standard InChI is InChI=1S/C25H31N5O2/c1-2-3-4-5-6-9-14-30-23-21(22-24(30)28-20-13-8-7-12-19(20)27-22)25(31)29(17-26-23)16-18-11-10-15-32-18/h7-8,12-13,17-18H,2-6,9-11,14-16H2,1H3. The highest BCUT2D eigenvalue weighted by Gasteiger charge is 2.22. The summed E-state index contributed by atoms with van der Waals surface area (Å²) in [5.74, 6) is 0. The van der Waals surface area contributed by atoms with Gasteiger partial charge in [-0.1, -0.05) is 51.2 Å². The van der Waals surface area contributed by atoms with Crippen molar-refractivity contribution in [2.75, 3.05) is 6.61 Å². The quantitative estimate of drug-likeness (QED) is 0.353. The van der Waals surface area contributed by atoms with Crippen LogP contribution in [-0.2, 0) is 17.8 Å². The average molecular weight is 434 g/mol. The molecule has 1 aromatic carbocycles. The van der Waals surface area contributed by atoms with Crippen LogP contribution >= 0.6 is 0 Å². The van der Waals surface area contributed by atoms with Crippen LogP contribution in [0, 0.1) is 0 Å². The van der Waals surface area contributed by atoms with Gasteiger partial charge < -0.3 is 9.30 Å². The summed E-state index contributed by atoms with van der Waals surface area (Å²) in [7, 11) is 0. The second-order valence-corrected chi connectivity index (χ2v) is 8.84. The maximum atomic E-state index is 13.5. The first-order valence-electron chi connectivity index (χ1n) is 12.0. The molecule has 168 valence electrons. The first-order chi connectivity index (χ1) is 15.8. The third-order valence-corrected chi connectivity index (χ3v) is 6.48. The number of benzene rings is 1. The summed E-state index contributed by atoms with van der Waals surface area (Å²) >= 11 is 0. The molecular weight excluding hydrogens is 402 g/mol. The summed E-state index contributed by atoms with van der Waals surface area (Å²) < 4.78 is 9.53. The number of aromatic nitrogens is 5. The largest absolute Gasteiger partial charge is 0.376 e. The molecule has 32 heavy (non-hydrogen) atoms. The molecular formula is C25H31N5O2. The van der Waals surface area contributed by atoms with Crippen LogP contribution in [0.4, 0.5) is 0 Å². The number of unbranched alkanes of at least 4 members (excludes halogenated alkanes) is 5. The molecule has 7 heteroatoms. The van der Waals surface area contributed by atoms with Gasteiger partial charge in [0.2, 0.25) is 0 Å². The van der Waals surface area contributed by atoms with Gasteiger partial charge in [-0.2, -0.15) is 0 Å². The van der Waals surface area contributed by atoms with Crippen molar-refractivity contribution in [1.82, 2.24) is 24.1 Å². The van der Waals surface area contributed by atoms with Gasteiger partial charge in [-0.3, -0.25) is 9.36 Å². The third kappa shape index (κ3) is 4.01. The van der Waals surface area contributed by atoms with Crippen molar-refractivity contribution in [2.45, 2.75) is 77.5 Å². The summed E-state index contributed by atoms with van der Waals surface area (Å²) in [5, 5.41) is 0.574. The minimum absolute atomic E-state index is 0.0539. The molecule has 5 rings (SSSR count). The fraction of sp³-hybridized carbons (Fsp3) is 0.520. The zero-order chi connectivity index (χ0) is 21.9. The molecule has 3 aromatic heterocycles. The van der Waals surface area contributed by atoms with Crippen LogP contribution in [0.3, 0.4) is 0 Å². The zero-order valence-corrected chi connectivity index (χ0v) is 18.8. The molecule has 1 fully saturated rings. The smallest absolute Gasteiger partial charge is 0.265 e. The van der Waals surface area contributed by atoms with E-state index < -0.39 is 0 Å². The fourth-order valence-electron chi connectivity index (χ4n) is 4.74. The topological polar surface area (TPSA) is 74.8 Å². The molecule has 0 saturated carbocycles. The molecule has 0 radical (unpaired) electrons. The van der Waals surface area contributed by atoms with Crippen molar-refractivity contribution in [3.05, 3.63) is 40.9 Å². The van der Waals surface area contributed by atoms with Crippen LogP contribution in [0.2, 0.25) is 0 Å². The Morgan fingerprint density at radius 1 is 1.03 bits per heavy atom. The normalized spacial score (nSPS) is 16.6. The highest BCUT2D eigenvalue weighted by molar-refractivity contribution is 6.04. The van der Waals surface area contributed by atoms with Gasteiger partial charge in [0.15, 0.2) is 11.3 Å². The molecule has 0 aliphatic carbocycles. The number of hydrogen-bond acceptors (Lipinski definition) is 5. The van der Waals surface area contributed by atoms with E-state index in [1.54, 1.807) is 10.9 Å². The van der Waals surface area contributed by atoms with Crippen molar-refractivity contribution in [3.63, 3.8) is 0 Å². The molecule has 4 heterocycles. The molecule has 0 N–H and O–H groups in total. The van der Waals surface area contributed by atoms with E-state index >= 15 is 0 Å². The first-order valence-corrected chi connectivity index (χ1v) is 12.0. The minimum Gasteiger partial charge on any atom is -0.376 e. The van der Waals surface area contributed by atoms with E-state index in [-0.39, 0.29) is 11.7 Å². The molecule has 0 amide bonds. The van der Waals surface area contributed by atoms with Gasteiger partial charge in [0.05, 0.1) is 30.0 Å². The lowest BCUT2D eigenvalue weighted by molar-refractivity contribution is 0.0960. The second-order valence-electron chi connectivity index (χ2n) is 8.84. The van der Waals surface area contributed by atoms with Gasteiger partial charge >= 0.3 is 0 Å². The lowest BCUT2D eigenvalue weighted by Crippen LogP contribution is -2.26. The predicted octanol–water partition coefficient (Wildman–Crippen LogP) is 4.83. The van der Waals surface area contributed by atoms with E-state index in [1.165, 1.54) is 25.7 Å². The molecule has 0 spiro atoms. The van der Waals surface area contributed by atoms with E-state index in [0.29, 0.717) is 23.1 Å². The van der Waals surface area contributed by atoms with Crippen molar-refractivity contribution < 1.29 is 4.74 Å². The Labute approximate surface area is 187 Å². The molecule has 1 saturated heterocycles. The Morgan fingerprint density at radius 3 is 2.59 bits per heavy atom. The van der Waals surface area contributed by atoms with Gasteiger partial charge in [-0.05, 0) is 31.4 Å². The van der Waals surface area contributed by atoms with Gasteiger partial charge in [0, 0.05) is 13.2 Å². The SMILES string of the molecule is CCCCCCCCn1c2nc3ccccc3nc2c2c(=O)n(CC3CCCO3)cnc21. The molecule has 7 nitrogen and oxygen atoms in total. The second kappa shape index (κ2) is 9.36. The number of ether oxygens (including phenoxy) is 1. The van der Waals surface area contributed by atoms with E-state index in [0.717, 1.165) is 55.5 Å². The van der Waals surface area contributed by atoms with Gasteiger partial charge in [-0.25, -0.2) is 15.0 Å². The Hall–Kier alpha value is -2.80. The maximum absolute atomic E-state index is 13.5. The molecule has 1 aliphatic heterocycles. The Kier molecular flexibility index (Phi) is 6.17. The fourth-order valence-corrected chi connectivity index (χ4v) is 4.74. The minimum atomic E-state index is -0.0539. The van der Waals surface area contributed by atoms with Crippen molar-refractivity contribution in [1.29, 1.82) is 0 Å². The van der Waals surface area contributed by atoms with Crippen LogP contribution in [-0.4, -0.2) is 36.8 Å². The Morgan fingerprint density at radius 2 is 1.81 bits per heavy atom. The van der Waals surface area contributed by atoms with Gasteiger partial charge in [-0.15, -0.1) is 0 Å². The monoisotopic (exact) mass is 433 g/mol. The van der Waals surface area contributed by atoms with E-state index in [9.17, 15) is 4.79 Å². The summed E-state index contributed by atoms with van der Waals surface area (Å²) in [6.07, 6.45) is 11.0. The molecule has 1 unspecified atom stereocenters. The van der Waals surface area contributed by atoms with Crippen LogP contribution in [0.5, 0.6) is 0 Å². The van der Waals surface area contributed by atoms with Crippen LogP contribution in [0.1, 0.15) is 58.3 Å². The number of nitrogens with zero attached hydrogens (tertiary/aromatic N) is 5. The Balaban J connectivity index is 1.57. The van der Waals surface area contributed by atoms with Gasteiger partial charge in [0.25, 0.3) is 5.56 Å². The highest BCUT2D eigenvalue weighted by atomic mass is 16.5. The van der Waals surface area contributed by atoms with E-state index in [2.05, 4.69) is 11.5 Å². The maximum Gasteiger partial charge on any atom is 0.265 e. The Bertz CT molecular complexity index is 1290. The summed E-state index contributed by atoms with van der Waals surface area (Å²) in [6.45, 7) is 4.33. The molecule has 1 atom stereocenters. The van der Waals surface area contributed by atoms with Crippen molar-refractivity contribution >= 4 is 33.2 Å². The lowest BCUT2D eigenvalue weighted by atomic mass is 10.1. The van der Waals surface area contributed by atoms with Crippen molar-refractivity contribution in [3.8, 4) is 0 Å². The van der Waals surface area contributed by atoms with Crippen LogP contribution in [0.25, 0.3) is 33.2 Å². The number of para-hydroxylation sites is 2. The van der Waals surface area contributed by atoms with E-state index in [1.807, 2.05) is 24.3 Å². The third-order valence-electron chi connectivity index (χ3n) is 6.48. The molecule has 1 aliphatic rings. The average Bonchev–Trinajstić information content (AvgIpc) is 3.43. The summed E-state index contributed by atoms with van der Waals surface area (Å²) in [4.78, 5) is 28.0. The summed E-state index contributed by atoms with van der Waals surface area (Å²) in [6, 6.07) is 7.83. The number of fused-ring (bicyclic) bond motifs is 4. The number of rotatable bonds is 9.